The molecule has 0 saturated carbocycles. The average molecular weight is 182 g/mol. The Labute approximate surface area is 74.1 Å². The maximum absolute atomic E-state index is 11.1. The summed E-state index contributed by atoms with van der Waals surface area (Å²) in [5.74, 6) is 0.606. The molecule has 0 heterocycles. The molecule has 2 nitrogen and oxygen atoms in total. The molecule has 0 aliphatic heterocycles. The first-order chi connectivity index (χ1) is 5.83. The van der Waals surface area contributed by atoms with Gasteiger partial charge in [-0.05, 0) is 5.56 Å². The van der Waals surface area contributed by atoms with Gasteiger partial charge in [-0.25, -0.2) is 0 Å². The van der Waals surface area contributed by atoms with Crippen molar-refractivity contribution >= 4 is 17.1 Å². The number of carbonyl (C=O) groups excluding carboxylic acids is 1. The lowest BCUT2D eigenvalue weighted by atomic mass is 10.2. The third-order valence-electron chi connectivity index (χ3n) is 1.42. The Bertz CT molecular complexity index is 269. The van der Waals surface area contributed by atoms with Crippen molar-refractivity contribution in [1.82, 2.24) is 0 Å². The van der Waals surface area contributed by atoms with Crippen LogP contribution in [0.2, 0.25) is 0 Å². The minimum atomic E-state index is -1.04. The Morgan fingerprint density at radius 1 is 1.25 bits per heavy atom. The van der Waals surface area contributed by atoms with E-state index in [1.807, 2.05) is 30.3 Å². The van der Waals surface area contributed by atoms with Gasteiger partial charge in [0.1, 0.15) is 6.29 Å². The topological polar surface area (TPSA) is 34.1 Å². The van der Waals surface area contributed by atoms with Gasteiger partial charge in [-0.15, -0.1) is 0 Å². The first-order valence-electron chi connectivity index (χ1n) is 3.65. The zero-order chi connectivity index (χ0) is 8.81. The van der Waals surface area contributed by atoms with Crippen molar-refractivity contribution in [3.63, 3.8) is 0 Å². The first kappa shape index (κ1) is 9.13. The Balaban J connectivity index is 2.52. The molecule has 0 spiro atoms. The Morgan fingerprint density at radius 3 is 2.50 bits per heavy atom. The highest BCUT2D eigenvalue weighted by molar-refractivity contribution is 7.84. The minimum absolute atomic E-state index is 0.134. The van der Waals surface area contributed by atoms with Crippen molar-refractivity contribution in [2.45, 2.75) is 5.75 Å². The van der Waals surface area contributed by atoms with E-state index in [2.05, 4.69) is 0 Å². The van der Waals surface area contributed by atoms with Gasteiger partial charge >= 0.3 is 0 Å². The summed E-state index contributed by atoms with van der Waals surface area (Å²) in [5, 5.41) is 0. The van der Waals surface area contributed by atoms with Gasteiger partial charge in [0, 0.05) is 16.6 Å². The fourth-order valence-corrected chi connectivity index (χ4v) is 1.73. The molecular formula is C9H10O2S. The summed E-state index contributed by atoms with van der Waals surface area (Å²) in [6, 6.07) is 9.51. The number of carbonyl (C=O) groups is 1. The zero-order valence-corrected chi connectivity index (χ0v) is 7.42. The molecule has 0 aromatic heterocycles. The second-order valence-electron chi connectivity index (χ2n) is 2.40. The van der Waals surface area contributed by atoms with Crippen molar-refractivity contribution in [1.29, 1.82) is 0 Å². The van der Waals surface area contributed by atoms with E-state index >= 15 is 0 Å². The van der Waals surface area contributed by atoms with Crippen molar-refractivity contribution < 1.29 is 9.00 Å². The van der Waals surface area contributed by atoms with Crippen LogP contribution < -0.4 is 0 Å². The molecule has 0 bridgehead atoms. The predicted molar refractivity (Wildman–Crippen MR) is 49.2 cm³/mol. The Hall–Kier alpha value is -0.960. The van der Waals surface area contributed by atoms with Gasteiger partial charge in [0.15, 0.2) is 0 Å². The summed E-state index contributed by atoms with van der Waals surface area (Å²) in [6.45, 7) is 0. The van der Waals surface area contributed by atoms with E-state index in [1.165, 1.54) is 0 Å². The van der Waals surface area contributed by atoms with Gasteiger partial charge in [-0.3, -0.25) is 4.21 Å². The molecule has 0 saturated heterocycles. The van der Waals surface area contributed by atoms with Gasteiger partial charge in [-0.1, -0.05) is 30.3 Å². The molecular weight excluding hydrogens is 172 g/mol. The fraction of sp³-hybridized carbons (Fsp3) is 0.222. The van der Waals surface area contributed by atoms with Crippen LogP contribution in [-0.2, 0) is 21.3 Å². The van der Waals surface area contributed by atoms with Crippen LogP contribution in [0.4, 0.5) is 0 Å². The average Bonchev–Trinajstić information content (AvgIpc) is 2.06. The van der Waals surface area contributed by atoms with Crippen molar-refractivity contribution in [3.05, 3.63) is 35.9 Å². The smallest absolute Gasteiger partial charge is 0.132 e. The summed E-state index contributed by atoms with van der Waals surface area (Å²) in [4.78, 5) is 10.0. The molecule has 1 rings (SSSR count). The Morgan fingerprint density at radius 2 is 1.92 bits per heavy atom. The van der Waals surface area contributed by atoms with Gasteiger partial charge < -0.3 is 4.79 Å². The summed E-state index contributed by atoms with van der Waals surface area (Å²) >= 11 is 0. The quantitative estimate of drug-likeness (QED) is 0.654. The molecule has 0 amide bonds. The van der Waals surface area contributed by atoms with E-state index in [-0.39, 0.29) is 5.75 Å². The van der Waals surface area contributed by atoms with E-state index in [1.54, 1.807) is 0 Å². The second-order valence-corrected chi connectivity index (χ2v) is 3.90. The van der Waals surface area contributed by atoms with Crippen molar-refractivity contribution in [2.24, 2.45) is 0 Å². The van der Waals surface area contributed by atoms with Crippen LogP contribution in [0.1, 0.15) is 5.56 Å². The maximum atomic E-state index is 11.1. The molecule has 0 radical (unpaired) electrons. The lowest BCUT2D eigenvalue weighted by Crippen LogP contribution is -2.01. The molecule has 0 N–H and O–H groups in total. The van der Waals surface area contributed by atoms with Crippen LogP contribution in [0.25, 0.3) is 0 Å². The van der Waals surface area contributed by atoms with E-state index in [9.17, 15) is 9.00 Å². The lowest BCUT2D eigenvalue weighted by molar-refractivity contribution is -0.105. The summed E-state index contributed by atoms with van der Waals surface area (Å²) in [5.41, 5.74) is 1.01. The SMILES string of the molecule is O=CCS(=O)Cc1ccccc1. The highest BCUT2D eigenvalue weighted by Crippen LogP contribution is 2.01. The standard InChI is InChI=1S/C9H10O2S/c10-6-7-12(11)8-9-4-2-1-3-5-9/h1-6H,7-8H2. The first-order valence-corrected chi connectivity index (χ1v) is 5.14. The molecule has 64 valence electrons. The number of hydrogen-bond donors (Lipinski definition) is 0. The summed E-state index contributed by atoms with van der Waals surface area (Å²) in [7, 11) is -1.04. The highest BCUT2D eigenvalue weighted by atomic mass is 32.2. The maximum Gasteiger partial charge on any atom is 0.132 e. The fourth-order valence-electron chi connectivity index (χ4n) is 0.895. The molecule has 1 atom stereocenters. The van der Waals surface area contributed by atoms with E-state index in [0.717, 1.165) is 5.56 Å². The van der Waals surface area contributed by atoms with Crippen LogP contribution >= 0.6 is 0 Å². The summed E-state index contributed by atoms with van der Waals surface area (Å²) in [6.07, 6.45) is 0.694. The lowest BCUT2D eigenvalue weighted by Gasteiger charge is -1.97. The molecule has 1 aromatic carbocycles. The number of benzene rings is 1. The largest absolute Gasteiger partial charge is 0.302 e. The third-order valence-corrected chi connectivity index (χ3v) is 2.59. The van der Waals surface area contributed by atoms with Gasteiger partial charge in [0.25, 0.3) is 0 Å². The minimum Gasteiger partial charge on any atom is -0.302 e. The molecule has 0 aliphatic carbocycles. The molecule has 0 fully saturated rings. The van der Waals surface area contributed by atoms with E-state index < -0.39 is 10.8 Å². The van der Waals surface area contributed by atoms with E-state index in [0.29, 0.717) is 12.0 Å². The number of aldehydes is 1. The monoisotopic (exact) mass is 182 g/mol. The van der Waals surface area contributed by atoms with Gasteiger partial charge in [0.2, 0.25) is 0 Å². The van der Waals surface area contributed by atoms with Crippen molar-refractivity contribution in [2.75, 3.05) is 5.75 Å². The molecule has 12 heavy (non-hydrogen) atoms. The Kier molecular flexibility index (Phi) is 3.67. The summed E-state index contributed by atoms with van der Waals surface area (Å²) < 4.78 is 11.1. The predicted octanol–water partition coefficient (Wildman–Crippen LogP) is 1.13. The van der Waals surface area contributed by atoms with E-state index in [4.69, 9.17) is 0 Å². The van der Waals surface area contributed by atoms with Crippen molar-refractivity contribution in [3.8, 4) is 0 Å². The highest BCUT2D eigenvalue weighted by Gasteiger charge is 1.98. The molecule has 1 unspecified atom stereocenters. The van der Waals surface area contributed by atoms with Crippen LogP contribution in [0, 0.1) is 0 Å². The molecule has 3 heteroatoms. The van der Waals surface area contributed by atoms with Crippen LogP contribution in [0.3, 0.4) is 0 Å². The number of rotatable bonds is 4. The van der Waals surface area contributed by atoms with Crippen LogP contribution in [0.15, 0.2) is 30.3 Å². The zero-order valence-electron chi connectivity index (χ0n) is 6.60. The third kappa shape index (κ3) is 2.96. The molecule has 0 aliphatic rings. The second kappa shape index (κ2) is 4.83. The van der Waals surface area contributed by atoms with Gasteiger partial charge in [0.05, 0.1) is 5.75 Å². The number of hydrogen-bond acceptors (Lipinski definition) is 2. The molecule has 1 aromatic rings. The normalized spacial score (nSPS) is 12.3. The van der Waals surface area contributed by atoms with Gasteiger partial charge in [-0.2, -0.15) is 0 Å². The van der Waals surface area contributed by atoms with Crippen LogP contribution in [-0.4, -0.2) is 16.2 Å². The van der Waals surface area contributed by atoms with Crippen LogP contribution in [0.5, 0.6) is 0 Å².